The molecule has 1 N–H and O–H groups in total. The van der Waals surface area contributed by atoms with E-state index in [0.717, 1.165) is 9.77 Å². The molecule has 1 amide bonds. The summed E-state index contributed by atoms with van der Waals surface area (Å²) in [5.41, 5.74) is 1.07. The molecule has 1 aromatic carbocycles. The lowest BCUT2D eigenvalue weighted by Crippen LogP contribution is -2.14. The lowest BCUT2D eigenvalue weighted by molar-refractivity contribution is -0.113. The first-order chi connectivity index (χ1) is 8.65. The van der Waals surface area contributed by atoms with Gasteiger partial charge in [-0.3, -0.25) is 4.79 Å². The van der Waals surface area contributed by atoms with Crippen molar-refractivity contribution in [2.45, 2.75) is 11.1 Å². The Balaban J connectivity index is 1.91. The van der Waals surface area contributed by atoms with Crippen molar-refractivity contribution in [2.75, 3.05) is 11.1 Å². The van der Waals surface area contributed by atoms with Crippen molar-refractivity contribution in [1.29, 1.82) is 0 Å². The summed E-state index contributed by atoms with van der Waals surface area (Å²) in [6.07, 6.45) is 0. The van der Waals surface area contributed by atoms with Crippen molar-refractivity contribution in [3.8, 4) is 0 Å². The Morgan fingerprint density at radius 3 is 2.94 bits per heavy atom. The minimum absolute atomic E-state index is 0.198. The van der Waals surface area contributed by atoms with Crippen LogP contribution in [-0.4, -0.2) is 11.7 Å². The summed E-state index contributed by atoms with van der Waals surface area (Å²) < 4.78 is 14.6. The molecule has 2 nitrogen and oxygen atoms in total. The number of anilines is 1. The second-order valence-corrected chi connectivity index (χ2v) is 5.98. The van der Waals surface area contributed by atoms with Gasteiger partial charge in [0, 0.05) is 0 Å². The van der Waals surface area contributed by atoms with Crippen molar-refractivity contribution in [3.63, 3.8) is 0 Å². The van der Waals surface area contributed by atoms with E-state index in [4.69, 9.17) is 0 Å². The highest BCUT2D eigenvalue weighted by Gasteiger charge is 2.07. The molecule has 2 rings (SSSR count). The van der Waals surface area contributed by atoms with E-state index >= 15 is 0 Å². The zero-order chi connectivity index (χ0) is 13.0. The van der Waals surface area contributed by atoms with Gasteiger partial charge in [-0.1, -0.05) is 12.1 Å². The SMILES string of the molecule is Cc1ccc(NC(=O)CSc2cccs2)c(F)c1. The van der Waals surface area contributed by atoms with Gasteiger partial charge in [0.15, 0.2) is 0 Å². The van der Waals surface area contributed by atoms with Crippen LogP contribution in [0.4, 0.5) is 10.1 Å². The highest BCUT2D eigenvalue weighted by molar-refractivity contribution is 8.01. The number of thiophene rings is 1. The number of benzene rings is 1. The van der Waals surface area contributed by atoms with Gasteiger partial charge in [0.1, 0.15) is 5.82 Å². The van der Waals surface area contributed by atoms with Crippen LogP contribution in [0.1, 0.15) is 5.56 Å². The van der Waals surface area contributed by atoms with Crippen molar-refractivity contribution in [3.05, 3.63) is 47.1 Å². The number of thioether (sulfide) groups is 1. The summed E-state index contributed by atoms with van der Waals surface area (Å²) in [6, 6.07) is 8.64. The van der Waals surface area contributed by atoms with Crippen LogP contribution >= 0.6 is 23.1 Å². The van der Waals surface area contributed by atoms with Gasteiger partial charge in [0.2, 0.25) is 5.91 Å². The minimum atomic E-state index is -0.399. The van der Waals surface area contributed by atoms with E-state index < -0.39 is 5.82 Å². The zero-order valence-electron chi connectivity index (χ0n) is 9.77. The van der Waals surface area contributed by atoms with Gasteiger partial charge in [0.25, 0.3) is 0 Å². The fourth-order valence-electron chi connectivity index (χ4n) is 1.39. The van der Waals surface area contributed by atoms with Crippen molar-refractivity contribution in [1.82, 2.24) is 0 Å². The quantitative estimate of drug-likeness (QED) is 0.860. The van der Waals surface area contributed by atoms with Gasteiger partial charge in [-0.25, -0.2) is 4.39 Å². The smallest absolute Gasteiger partial charge is 0.234 e. The fraction of sp³-hybridized carbons (Fsp3) is 0.154. The molecular formula is C13H12FNOS2. The predicted octanol–water partition coefficient (Wildman–Crippen LogP) is 3.93. The predicted molar refractivity (Wildman–Crippen MR) is 74.8 cm³/mol. The molecule has 0 aliphatic carbocycles. The molecule has 1 heterocycles. The summed E-state index contributed by atoms with van der Waals surface area (Å²) >= 11 is 3.03. The molecular weight excluding hydrogens is 269 g/mol. The largest absolute Gasteiger partial charge is 0.323 e. The molecule has 0 spiro atoms. The van der Waals surface area contributed by atoms with Crippen molar-refractivity contribution in [2.24, 2.45) is 0 Å². The van der Waals surface area contributed by atoms with Crippen LogP contribution in [0.3, 0.4) is 0 Å². The summed E-state index contributed by atoms with van der Waals surface area (Å²) in [5.74, 6) is -0.311. The van der Waals surface area contributed by atoms with Gasteiger partial charge in [0.05, 0.1) is 15.6 Å². The molecule has 1 aromatic heterocycles. The highest BCUT2D eigenvalue weighted by Crippen LogP contribution is 2.23. The Bertz CT molecular complexity index is 540. The van der Waals surface area contributed by atoms with Crippen LogP contribution in [-0.2, 0) is 4.79 Å². The topological polar surface area (TPSA) is 29.1 Å². The maximum atomic E-state index is 13.5. The van der Waals surface area contributed by atoms with Crippen LogP contribution in [0.2, 0.25) is 0 Å². The number of amides is 1. The van der Waals surface area contributed by atoms with Crippen molar-refractivity contribution < 1.29 is 9.18 Å². The molecule has 0 fully saturated rings. The Morgan fingerprint density at radius 1 is 1.44 bits per heavy atom. The summed E-state index contributed by atoms with van der Waals surface area (Å²) in [5, 5.41) is 4.53. The molecule has 0 saturated heterocycles. The van der Waals surface area contributed by atoms with Gasteiger partial charge >= 0.3 is 0 Å². The van der Waals surface area contributed by atoms with E-state index in [1.165, 1.54) is 17.8 Å². The molecule has 0 aliphatic rings. The Kier molecular flexibility index (Phi) is 4.38. The average molecular weight is 281 g/mol. The third-order valence-corrected chi connectivity index (χ3v) is 4.37. The van der Waals surface area contributed by atoms with Crippen LogP contribution in [0.15, 0.2) is 39.9 Å². The van der Waals surface area contributed by atoms with Gasteiger partial charge in [-0.05, 0) is 36.1 Å². The monoisotopic (exact) mass is 281 g/mol. The molecule has 0 unspecified atom stereocenters. The summed E-state index contributed by atoms with van der Waals surface area (Å²) in [6.45, 7) is 1.81. The second-order valence-electron chi connectivity index (χ2n) is 3.75. The molecule has 2 aromatic rings. The third kappa shape index (κ3) is 3.58. The number of hydrogen-bond donors (Lipinski definition) is 1. The van der Waals surface area contributed by atoms with E-state index in [1.807, 2.05) is 17.5 Å². The van der Waals surface area contributed by atoms with Gasteiger partial charge < -0.3 is 5.32 Å². The maximum absolute atomic E-state index is 13.5. The minimum Gasteiger partial charge on any atom is -0.323 e. The molecule has 0 radical (unpaired) electrons. The molecule has 0 atom stereocenters. The lowest BCUT2D eigenvalue weighted by atomic mass is 10.2. The average Bonchev–Trinajstić information content (AvgIpc) is 2.83. The maximum Gasteiger partial charge on any atom is 0.234 e. The van der Waals surface area contributed by atoms with E-state index in [9.17, 15) is 9.18 Å². The number of hydrogen-bond acceptors (Lipinski definition) is 3. The first-order valence-electron chi connectivity index (χ1n) is 5.37. The Labute approximate surface area is 113 Å². The Hall–Kier alpha value is -1.33. The van der Waals surface area contributed by atoms with E-state index in [-0.39, 0.29) is 17.3 Å². The molecule has 5 heteroatoms. The zero-order valence-corrected chi connectivity index (χ0v) is 11.4. The molecule has 0 aliphatic heterocycles. The summed E-state index contributed by atoms with van der Waals surface area (Å²) in [4.78, 5) is 11.7. The highest BCUT2D eigenvalue weighted by atomic mass is 32.2. The number of carbonyl (C=O) groups is 1. The van der Waals surface area contributed by atoms with Crippen LogP contribution < -0.4 is 5.32 Å². The summed E-state index contributed by atoms with van der Waals surface area (Å²) in [7, 11) is 0. The number of nitrogens with one attached hydrogen (secondary N) is 1. The molecule has 94 valence electrons. The molecule has 0 saturated carbocycles. The van der Waals surface area contributed by atoms with Gasteiger partial charge in [-0.15, -0.1) is 23.1 Å². The Morgan fingerprint density at radius 2 is 2.28 bits per heavy atom. The molecule has 0 bridgehead atoms. The van der Waals surface area contributed by atoms with Crippen LogP contribution in [0.5, 0.6) is 0 Å². The van der Waals surface area contributed by atoms with E-state index in [0.29, 0.717) is 0 Å². The first-order valence-corrected chi connectivity index (χ1v) is 7.24. The van der Waals surface area contributed by atoms with E-state index in [1.54, 1.807) is 30.4 Å². The standard InChI is InChI=1S/C13H12FNOS2/c1-9-4-5-11(10(14)7-9)15-12(16)8-18-13-3-2-6-17-13/h2-7H,8H2,1H3,(H,15,16). The van der Waals surface area contributed by atoms with Gasteiger partial charge in [-0.2, -0.15) is 0 Å². The van der Waals surface area contributed by atoms with E-state index in [2.05, 4.69) is 5.32 Å². The second kappa shape index (κ2) is 6.02. The van der Waals surface area contributed by atoms with Crippen LogP contribution in [0, 0.1) is 12.7 Å². The third-order valence-electron chi connectivity index (χ3n) is 2.24. The lowest BCUT2D eigenvalue weighted by Gasteiger charge is -2.06. The number of carbonyl (C=O) groups excluding carboxylic acids is 1. The molecule has 18 heavy (non-hydrogen) atoms. The number of rotatable bonds is 4. The van der Waals surface area contributed by atoms with Crippen molar-refractivity contribution >= 4 is 34.7 Å². The number of halogens is 1. The first kappa shape index (κ1) is 13.1. The fourth-order valence-corrected chi connectivity index (χ4v) is 2.97. The van der Waals surface area contributed by atoms with Crippen LogP contribution in [0.25, 0.3) is 0 Å². The number of aryl methyl sites for hydroxylation is 1. The normalized spacial score (nSPS) is 10.3.